The standard InChI is InChI=1S/C27H32N2O5/c1-2-7-19(16-25(30)29-14-12-18(13-15-29)26(31)32)28-27(33)34-17-24-22-10-5-3-8-20(22)21-9-4-6-11-23(21)24/h3-6,8-11,18-19,24H,2,7,12-17H2,1H3,(H,28,33)(H,31,32). The van der Waals surface area contributed by atoms with Crippen molar-refractivity contribution < 1.29 is 24.2 Å². The van der Waals surface area contributed by atoms with Crippen molar-refractivity contribution in [3.63, 3.8) is 0 Å². The molecule has 0 radical (unpaired) electrons. The molecule has 2 amide bonds. The second kappa shape index (κ2) is 10.7. The molecule has 180 valence electrons. The van der Waals surface area contributed by atoms with Crippen LogP contribution in [0.15, 0.2) is 48.5 Å². The van der Waals surface area contributed by atoms with Crippen molar-refractivity contribution in [2.75, 3.05) is 19.7 Å². The van der Waals surface area contributed by atoms with Gasteiger partial charge in [-0.3, -0.25) is 9.59 Å². The van der Waals surface area contributed by atoms with Gasteiger partial charge >= 0.3 is 12.1 Å². The highest BCUT2D eigenvalue weighted by Crippen LogP contribution is 2.44. The van der Waals surface area contributed by atoms with Crippen LogP contribution in [0.4, 0.5) is 4.79 Å². The molecule has 0 bridgehead atoms. The van der Waals surface area contributed by atoms with E-state index in [0.717, 1.165) is 17.5 Å². The predicted molar refractivity (Wildman–Crippen MR) is 128 cm³/mol. The number of aliphatic carboxylic acids is 1. The fourth-order valence-electron chi connectivity index (χ4n) is 5.10. The first-order chi connectivity index (χ1) is 16.5. The molecule has 1 unspecified atom stereocenters. The Morgan fingerprint density at radius 3 is 2.18 bits per heavy atom. The molecule has 0 saturated carbocycles. The SMILES string of the molecule is CCCC(CC(=O)N1CCC(C(=O)O)CC1)NC(=O)OCC1c2ccccc2-c2ccccc21. The van der Waals surface area contributed by atoms with Gasteiger partial charge in [0.2, 0.25) is 5.91 Å². The Kier molecular flexibility index (Phi) is 7.50. The number of piperidine rings is 1. The fraction of sp³-hybridized carbons (Fsp3) is 0.444. The Balaban J connectivity index is 1.32. The van der Waals surface area contributed by atoms with Gasteiger partial charge in [-0.05, 0) is 41.5 Å². The quantitative estimate of drug-likeness (QED) is 0.603. The maximum atomic E-state index is 12.8. The van der Waals surface area contributed by atoms with Crippen LogP contribution in [0.1, 0.15) is 56.1 Å². The zero-order valence-electron chi connectivity index (χ0n) is 19.5. The number of hydrogen-bond acceptors (Lipinski definition) is 4. The van der Waals surface area contributed by atoms with Gasteiger partial charge in [-0.25, -0.2) is 4.79 Å². The summed E-state index contributed by atoms with van der Waals surface area (Å²) in [6.07, 6.45) is 2.11. The number of likely N-dealkylation sites (tertiary alicyclic amines) is 1. The van der Waals surface area contributed by atoms with Crippen LogP contribution in [-0.4, -0.2) is 53.7 Å². The van der Waals surface area contributed by atoms with Gasteiger partial charge in [-0.2, -0.15) is 0 Å². The Morgan fingerprint density at radius 1 is 1.03 bits per heavy atom. The molecule has 0 aromatic heterocycles. The van der Waals surface area contributed by atoms with Gasteiger partial charge in [-0.15, -0.1) is 0 Å². The highest BCUT2D eigenvalue weighted by atomic mass is 16.5. The van der Waals surface area contributed by atoms with Gasteiger partial charge in [0.25, 0.3) is 0 Å². The van der Waals surface area contributed by atoms with Gasteiger partial charge < -0.3 is 20.1 Å². The van der Waals surface area contributed by atoms with Crippen LogP contribution < -0.4 is 5.32 Å². The molecule has 7 heteroatoms. The Bertz CT molecular complexity index is 999. The van der Waals surface area contributed by atoms with E-state index in [-0.39, 0.29) is 36.8 Å². The molecule has 0 spiro atoms. The summed E-state index contributed by atoms with van der Waals surface area (Å²) in [6, 6.07) is 16.1. The second-order valence-electron chi connectivity index (χ2n) is 9.15. The summed E-state index contributed by atoms with van der Waals surface area (Å²) in [5, 5.41) is 12.0. The van der Waals surface area contributed by atoms with Gasteiger partial charge in [0.1, 0.15) is 6.61 Å². The van der Waals surface area contributed by atoms with E-state index in [2.05, 4.69) is 29.6 Å². The smallest absolute Gasteiger partial charge is 0.407 e. The second-order valence-corrected chi connectivity index (χ2v) is 9.15. The van der Waals surface area contributed by atoms with Crippen molar-refractivity contribution in [1.82, 2.24) is 10.2 Å². The van der Waals surface area contributed by atoms with E-state index >= 15 is 0 Å². The summed E-state index contributed by atoms with van der Waals surface area (Å²) >= 11 is 0. The third-order valence-corrected chi connectivity index (χ3v) is 6.92. The third-order valence-electron chi connectivity index (χ3n) is 6.92. The molecule has 1 aliphatic carbocycles. The minimum Gasteiger partial charge on any atom is -0.481 e. The molecule has 2 aromatic rings. The van der Waals surface area contributed by atoms with E-state index < -0.39 is 12.1 Å². The number of hydrogen-bond donors (Lipinski definition) is 2. The predicted octanol–water partition coefficient (Wildman–Crippen LogP) is 4.41. The van der Waals surface area contributed by atoms with Crippen molar-refractivity contribution in [3.8, 4) is 11.1 Å². The normalized spacial score (nSPS) is 16.4. The number of nitrogens with one attached hydrogen (secondary N) is 1. The Morgan fingerprint density at radius 2 is 1.62 bits per heavy atom. The van der Waals surface area contributed by atoms with Crippen LogP contribution in [0.2, 0.25) is 0 Å². The van der Waals surface area contributed by atoms with E-state index in [9.17, 15) is 14.4 Å². The van der Waals surface area contributed by atoms with Crippen molar-refractivity contribution >= 4 is 18.0 Å². The van der Waals surface area contributed by atoms with Crippen LogP contribution in [0, 0.1) is 5.92 Å². The lowest BCUT2D eigenvalue weighted by Crippen LogP contribution is -2.44. The molecule has 1 fully saturated rings. The number of carboxylic acids is 1. The largest absolute Gasteiger partial charge is 0.481 e. The van der Waals surface area contributed by atoms with Crippen LogP contribution in [-0.2, 0) is 14.3 Å². The minimum atomic E-state index is -0.798. The molecule has 2 aromatic carbocycles. The van der Waals surface area contributed by atoms with Gasteiger partial charge in [0, 0.05) is 31.5 Å². The van der Waals surface area contributed by atoms with Gasteiger partial charge in [0.15, 0.2) is 0 Å². The molecule has 1 atom stereocenters. The molecular weight excluding hydrogens is 432 g/mol. The summed E-state index contributed by atoms with van der Waals surface area (Å²) in [7, 11) is 0. The van der Waals surface area contributed by atoms with Crippen LogP contribution >= 0.6 is 0 Å². The first-order valence-corrected chi connectivity index (χ1v) is 12.1. The average molecular weight is 465 g/mol. The van der Waals surface area contributed by atoms with E-state index in [1.54, 1.807) is 4.90 Å². The Hall–Kier alpha value is -3.35. The lowest BCUT2D eigenvalue weighted by atomic mass is 9.96. The summed E-state index contributed by atoms with van der Waals surface area (Å²) in [4.78, 5) is 38.3. The zero-order chi connectivity index (χ0) is 24.1. The van der Waals surface area contributed by atoms with Crippen LogP contribution in [0.25, 0.3) is 11.1 Å². The molecule has 1 aliphatic heterocycles. The van der Waals surface area contributed by atoms with Crippen molar-refractivity contribution in [3.05, 3.63) is 59.7 Å². The monoisotopic (exact) mass is 464 g/mol. The van der Waals surface area contributed by atoms with Gasteiger partial charge in [0.05, 0.1) is 5.92 Å². The van der Waals surface area contributed by atoms with Crippen molar-refractivity contribution in [1.29, 1.82) is 0 Å². The van der Waals surface area contributed by atoms with Crippen LogP contribution in [0.3, 0.4) is 0 Å². The van der Waals surface area contributed by atoms with Crippen molar-refractivity contribution in [2.24, 2.45) is 5.92 Å². The number of fused-ring (bicyclic) bond motifs is 3. The number of carbonyl (C=O) groups excluding carboxylic acids is 2. The zero-order valence-corrected chi connectivity index (χ0v) is 19.5. The molecule has 2 aliphatic rings. The first-order valence-electron chi connectivity index (χ1n) is 12.1. The fourth-order valence-corrected chi connectivity index (χ4v) is 5.10. The first kappa shape index (κ1) is 23.8. The van der Waals surface area contributed by atoms with E-state index in [4.69, 9.17) is 9.84 Å². The topological polar surface area (TPSA) is 95.9 Å². The molecule has 34 heavy (non-hydrogen) atoms. The average Bonchev–Trinajstić information content (AvgIpc) is 3.16. The van der Waals surface area contributed by atoms with Crippen molar-refractivity contribution in [2.45, 2.75) is 51.0 Å². The number of nitrogens with zero attached hydrogens (tertiary/aromatic N) is 1. The molecule has 2 N–H and O–H groups in total. The molecule has 1 heterocycles. The number of carboxylic acid groups (broad SMARTS) is 1. The highest BCUT2D eigenvalue weighted by molar-refractivity contribution is 5.80. The number of ether oxygens (including phenoxy) is 1. The molecular formula is C27H32N2O5. The lowest BCUT2D eigenvalue weighted by Gasteiger charge is -2.31. The highest BCUT2D eigenvalue weighted by Gasteiger charge is 2.30. The van der Waals surface area contributed by atoms with Crippen LogP contribution in [0.5, 0.6) is 0 Å². The Labute approximate surface area is 200 Å². The molecule has 4 rings (SSSR count). The molecule has 7 nitrogen and oxygen atoms in total. The summed E-state index contributed by atoms with van der Waals surface area (Å²) < 4.78 is 5.64. The third kappa shape index (κ3) is 5.24. The molecule has 1 saturated heterocycles. The van der Waals surface area contributed by atoms with E-state index in [0.29, 0.717) is 32.4 Å². The van der Waals surface area contributed by atoms with E-state index in [1.165, 1.54) is 11.1 Å². The summed E-state index contributed by atoms with van der Waals surface area (Å²) in [5.74, 6) is -1.25. The minimum absolute atomic E-state index is 0.0139. The number of alkyl carbamates (subject to hydrolysis) is 1. The van der Waals surface area contributed by atoms with Gasteiger partial charge in [-0.1, -0.05) is 61.9 Å². The maximum Gasteiger partial charge on any atom is 0.407 e. The lowest BCUT2D eigenvalue weighted by molar-refractivity contribution is -0.145. The summed E-state index contributed by atoms with van der Waals surface area (Å²) in [6.45, 7) is 3.13. The summed E-state index contributed by atoms with van der Waals surface area (Å²) in [5.41, 5.74) is 4.66. The maximum absolute atomic E-state index is 12.8. The number of amides is 2. The van der Waals surface area contributed by atoms with E-state index in [1.807, 2.05) is 31.2 Å². The number of benzene rings is 2. The number of carbonyl (C=O) groups is 3. The number of rotatable bonds is 8.